The fourth-order valence-electron chi connectivity index (χ4n) is 5.22. The molecule has 2 fully saturated rings. The number of likely N-dealkylation sites (tertiary alicyclic amines) is 1. The molecule has 1 aliphatic carbocycles. The zero-order chi connectivity index (χ0) is 24.4. The second kappa shape index (κ2) is 9.74. The Kier molecular flexibility index (Phi) is 6.35. The van der Waals surface area contributed by atoms with Crippen LogP contribution in [0.5, 0.6) is 0 Å². The summed E-state index contributed by atoms with van der Waals surface area (Å²) >= 11 is 0. The minimum Gasteiger partial charge on any atom is -0.339 e. The molecule has 0 unspecified atom stereocenters. The van der Waals surface area contributed by atoms with E-state index < -0.39 is 0 Å². The number of piperidine rings is 1. The zero-order valence-corrected chi connectivity index (χ0v) is 19.6. The van der Waals surface area contributed by atoms with Crippen LogP contribution in [-0.2, 0) is 6.54 Å². The lowest BCUT2D eigenvalue weighted by Crippen LogP contribution is -2.38. The molecular formula is C28H28N6O. The van der Waals surface area contributed by atoms with E-state index in [0.29, 0.717) is 54.1 Å². The lowest BCUT2D eigenvalue weighted by Gasteiger charge is -2.33. The van der Waals surface area contributed by atoms with Crippen molar-refractivity contribution in [1.29, 1.82) is 10.5 Å². The molecule has 7 nitrogen and oxygen atoms in total. The summed E-state index contributed by atoms with van der Waals surface area (Å²) in [4.78, 5) is 23.1. The van der Waals surface area contributed by atoms with Crippen molar-refractivity contribution in [1.82, 2.24) is 14.9 Å². The van der Waals surface area contributed by atoms with Crippen LogP contribution in [0.3, 0.4) is 0 Å². The van der Waals surface area contributed by atoms with E-state index in [1.54, 1.807) is 0 Å². The highest BCUT2D eigenvalue weighted by molar-refractivity contribution is 5.97. The highest BCUT2D eigenvalue weighted by atomic mass is 16.2. The third-order valence-corrected chi connectivity index (χ3v) is 7.52. The predicted octanol–water partition coefficient (Wildman–Crippen LogP) is 4.57. The molecule has 1 aliphatic heterocycles. The van der Waals surface area contributed by atoms with Gasteiger partial charge in [-0.15, -0.1) is 0 Å². The van der Waals surface area contributed by atoms with Crippen LogP contribution < -0.4 is 5.73 Å². The van der Waals surface area contributed by atoms with E-state index in [2.05, 4.69) is 28.2 Å². The van der Waals surface area contributed by atoms with Crippen LogP contribution in [0.1, 0.15) is 82.2 Å². The number of hydrogen-bond donors (Lipinski definition) is 2. The normalized spacial score (nSPS) is 16.4. The molecule has 0 spiro atoms. The monoisotopic (exact) mass is 464 g/mol. The summed E-state index contributed by atoms with van der Waals surface area (Å²) in [6.07, 6.45) is 6.71. The van der Waals surface area contributed by atoms with E-state index in [1.165, 1.54) is 18.2 Å². The van der Waals surface area contributed by atoms with Crippen LogP contribution in [0.15, 0.2) is 42.6 Å². The van der Waals surface area contributed by atoms with Gasteiger partial charge in [-0.25, -0.2) is 4.98 Å². The average Bonchev–Trinajstić information content (AvgIpc) is 3.36. The fraction of sp³-hybridized carbons (Fsp3) is 0.357. The Labute approximate surface area is 205 Å². The van der Waals surface area contributed by atoms with Crippen molar-refractivity contribution < 1.29 is 4.79 Å². The minimum atomic E-state index is -0.00259. The number of amides is 1. The maximum Gasteiger partial charge on any atom is 0.254 e. The first-order chi connectivity index (χ1) is 17.1. The Morgan fingerprint density at radius 1 is 1.06 bits per heavy atom. The Hall–Kier alpha value is -3.94. The third-order valence-electron chi connectivity index (χ3n) is 7.52. The van der Waals surface area contributed by atoms with Gasteiger partial charge in [0.05, 0.1) is 17.8 Å². The van der Waals surface area contributed by atoms with Crippen molar-refractivity contribution in [3.63, 3.8) is 0 Å². The zero-order valence-electron chi connectivity index (χ0n) is 19.6. The molecule has 7 heteroatoms. The summed E-state index contributed by atoms with van der Waals surface area (Å²) in [5.74, 6) is 1.43. The van der Waals surface area contributed by atoms with Gasteiger partial charge in [0, 0.05) is 30.8 Å². The maximum absolute atomic E-state index is 13.7. The molecule has 0 radical (unpaired) electrons. The first-order valence-corrected chi connectivity index (χ1v) is 12.2. The number of rotatable bonds is 5. The van der Waals surface area contributed by atoms with Crippen LogP contribution >= 0.6 is 0 Å². The van der Waals surface area contributed by atoms with Gasteiger partial charge in [-0.05, 0) is 72.4 Å². The van der Waals surface area contributed by atoms with Crippen molar-refractivity contribution in [2.45, 2.75) is 50.5 Å². The molecule has 0 bridgehead atoms. The van der Waals surface area contributed by atoms with E-state index in [4.69, 9.17) is 11.0 Å². The number of carbonyl (C=O) groups is 1. The van der Waals surface area contributed by atoms with Crippen molar-refractivity contribution in [2.75, 3.05) is 13.1 Å². The highest BCUT2D eigenvalue weighted by Gasteiger charge is 2.29. The van der Waals surface area contributed by atoms with Crippen molar-refractivity contribution in [3.8, 4) is 23.5 Å². The van der Waals surface area contributed by atoms with E-state index >= 15 is 0 Å². The third kappa shape index (κ3) is 4.43. The second-order valence-corrected chi connectivity index (χ2v) is 9.49. The molecule has 176 valence electrons. The predicted molar refractivity (Wildman–Crippen MR) is 132 cm³/mol. The molecule has 3 N–H and O–H groups in total. The fourth-order valence-corrected chi connectivity index (χ4v) is 5.22. The number of hydrogen-bond acceptors (Lipinski definition) is 5. The summed E-state index contributed by atoms with van der Waals surface area (Å²) in [5, 5.41) is 18.3. The molecule has 1 aromatic heterocycles. The number of H-pyrrole nitrogens is 1. The van der Waals surface area contributed by atoms with Gasteiger partial charge < -0.3 is 15.6 Å². The Morgan fingerprint density at radius 3 is 2.37 bits per heavy atom. The number of aromatic nitrogens is 2. The number of nitriles is 2. The molecule has 0 atom stereocenters. The number of aromatic amines is 1. The first-order valence-electron chi connectivity index (χ1n) is 12.2. The van der Waals surface area contributed by atoms with Crippen molar-refractivity contribution in [3.05, 3.63) is 76.1 Å². The molecule has 2 aliphatic rings. The van der Waals surface area contributed by atoms with Gasteiger partial charge >= 0.3 is 0 Å². The average molecular weight is 465 g/mol. The van der Waals surface area contributed by atoms with Gasteiger partial charge in [0.1, 0.15) is 17.6 Å². The molecule has 5 rings (SSSR count). The van der Waals surface area contributed by atoms with Crippen molar-refractivity contribution >= 4 is 5.91 Å². The van der Waals surface area contributed by atoms with Crippen LogP contribution in [-0.4, -0.2) is 33.9 Å². The number of carbonyl (C=O) groups excluding carboxylic acids is 1. The van der Waals surface area contributed by atoms with Crippen molar-refractivity contribution in [2.24, 2.45) is 5.73 Å². The van der Waals surface area contributed by atoms with Crippen LogP contribution in [0.2, 0.25) is 0 Å². The topological polar surface area (TPSA) is 123 Å². The van der Waals surface area contributed by atoms with Gasteiger partial charge in [-0.1, -0.05) is 24.6 Å². The number of nitrogens with zero attached hydrogens (tertiary/aromatic N) is 4. The summed E-state index contributed by atoms with van der Waals surface area (Å²) < 4.78 is 0. The van der Waals surface area contributed by atoms with E-state index in [-0.39, 0.29) is 5.91 Å². The van der Waals surface area contributed by atoms with Gasteiger partial charge in [0.2, 0.25) is 0 Å². The number of benzene rings is 2. The summed E-state index contributed by atoms with van der Waals surface area (Å²) in [5.41, 5.74) is 11.9. The molecule has 3 aromatic rings. The van der Waals surface area contributed by atoms with Crippen LogP contribution in [0.4, 0.5) is 0 Å². The maximum atomic E-state index is 13.7. The quantitative estimate of drug-likeness (QED) is 0.573. The Balaban J connectivity index is 1.40. The molecule has 2 aromatic carbocycles. The number of imidazole rings is 1. The van der Waals surface area contributed by atoms with Gasteiger partial charge in [0.15, 0.2) is 0 Å². The first kappa shape index (κ1) is 22.8. The summed E-state index contributed by atoms with van der Waals surface area (Å²) in [6, 6.07) is 16.1. The lowest BCUT2D eigenvalue weighted by molar-refractivity contribution is 0.0712. The molecule has 1 saturated heterocycles. The molecule has 35 heavy (non-hydrogen) atoms. The Morgan fingerprint density at radius 2 is 1.80 bits per heavy atom. The van der Waals surface area contributed by atoms with E-state index in [9.17, 15) is 10.1 Å². The van der Waals surface area contributed by atoms with E-state index in [0.717, 1.165) is 42.4 Å². The molecular weight excluding hydrogens is 436 g/mol. The Bertz CT molecular complexity index is 1310. The van der Waals surface area contributed by atoms with Gasteiger partial charge in [0.25, 0.3) is 5.91 Å². The minimum absolute atomic E-state index is 0.00259. The highest BCUT2D eigenvalue weighted by Crippen LogP contribution is 2.42. The summed E-state index contributed by atoms with van der Waals surface area (Å²) in [7, 11) is 0. The molecule has 1 saturated carbocycles. The number of nitrogens with two attached hydrogens (primary N) is 1. The van der Waals surface area contributed by atoms with Gasteiger partial charge in [-0.3, -0.25) is 4.79 Å². The standard InChI is InChI=1S/C28H28N6O/c29-14-18-4-6-19(7-5-18)20-8-10-34(11-9-20)28(35)25-13-26(27-32-17-23(16-31)33-27)24(12-22(25)15-30)21-2-1-3-21/h4-7,12-13,17,20-21H,1-3,8-11,15,30H2,(H,32,33). The number of nitrogens with one attached hydrogen (secondary N) is 1. The lowest BCUT2D eigenvalue weighted by atomic mass is 9.77. The molecule has 2 heterocycles. The summed E-state index contributed by atoms with van der Waals surface area (Å²) in [6.45, 7) is 1.64. The van der Waals surface area contributed by atoms with E-state index in [1.807, 2.05) is 35.2 Å². The molecule has 1 amide bonds. The second-order valence-electron chi connectivity index (χ2n) is 9.49. The van der Waals surface area contributed by atoms with Gasteiger partial charge in [-0.2, -0.15) is 10.5 Å². The largest absolute Gasteiger partial charge is 0.339 e. The van der Waals surface area contributed by atoms with Crippen LogP contribution in [0, 0.1) is 22.7 Å². The SMILES string of the molecule is N#Cc1ccc(C2CCN(C(=O)c3cc(-c4ncc(C#N)[nH]4)c(C4CCC4)cc3CN)CC2)cc1. The van der Waals surface area contributed by atoms with Crippen LogP contribution in [0.25, 0.3) is 11.4 Å². The smallest absolute Gasteiger partial charge is 0.254 e.